The van der Waals surface area contributed by atoms with Gasteiger partial charge < -0.3 is 9.30 Å². The number of rotatable bonds is 4. The summed E-state index contributed by atoms with van der Waals surface area (Å²) in [6, 6.07) is 14.5. The van der Waals surface area contributed by atoms with E-state index in [-0.39, 0.29) is 0 Å². The molecule has 0 saturated carbocycles. The fraction of sp³-hybridized carbons (Fsp3) is 0.150. The Morgan fingerprint density at radius 3 is 2.80 bits per heavy atom. The molecule has 2 heterocycles. The summed E-state index contributed by atoms with van der Waals surface area (Å²) in [4.78, 5) is 4.25. The van der Waals surface area contributed by atoms with Crippen molar-refractivity contribution in [2.24, 2.45) is 0 Å². The second kappa shape index (κ2) is 6.36. The Kier molecular flexibility index (Phi) is 3.90. The van der Waals surface area contributed by atoms with E-state index in [0.717, 1.165) is 39.2 Å². The number of aromatic nitrogens is 4. The van der Waals surface area contributed by atoms with Crippen molar-refractivity contribution in [2.45, 2.75) is 13.5 Å². The second-order valence-electron chi connectivity index (χ2n) is 5.93. The van der Waals surface area contributed by atoms with Gasteiger partial charge in [0, 0.05) is 23.3 Å². The highest BCUT2D eigenvalue weighted by Gasteiger charge is 2.07. The van der Waals surface area contributed by atoms with Crippen LogP contribution in [0.1, 0.15) is 11.5 Å². The molecule has 4 aromatic rings. The van der Waals surface area contributed by atoms with Crippen LogP contribution in [0.3, 0.4) is 0 Å². The number of benzene rings is 2. The van der Waals surface area contributed by atoms with Crippen LogP contribution in [-0.2, 0) is 6.54 Å². The summed E-state index contributed by atoms with van der Waals surface area (Å²) in [6.07, 6.45) is 5.54. The van der Waals surface area contributed by atoms with Gasteiger partial charge in [0.1, 0.15) is 11.6 Å². The molecule has 0 radical (unpaired) electrons. The SMILES string of the molecule is COc1cccc2cc(-c3cnnc(Cn4ccnc4C)c3)ccc12. The fourth-order valence-corrected chi connectivity index (χ4v) is 3.00. The molecule has 0 spiro atoms. The number of ether oxygens (including phenoxy) is 1. The minimum atomic E-state index is 0.661. The minimum absolute atomic E-state index is 0.661. The molecule has 0 aliphatic carbocycles. The van der Waals surface area contributed by atoms with E-state index in [1.54, 1.807) is 19.5 Å². The first-order chi connectivity index (χ1) is 12.2. The third-order valence-corrected chi connectivity index (χ3v) is 4.35. The molecule has 0 unspecified atom stereocenters. The predicted molar refractivity (Wildman–Crippen MR) is 97.6 cm³/mol. The minimum Gasteiger partial charge on any atom is -0.496 e. The number of hydrogen-bond acceptors (Lipinski definition) is 4. The van der Waals surface area contributed by atoms with E-state index in [4.69, 9.17) is 4.74 Å². The number of methoxy groups -OCH3 is 1. The molecule has 0 aliphatic heterocycles. The molecule has 124 valence electrons. The second-order valence-corrected chi connectivity index (χ2v) is 5.93. The van der Waals surface area contributed by atoms with Gasteiger partial charge in [-0.25, -0.2) is 4.98 Å². The Hall–Kier alpha value is -3.21. The maximum atomic E-state index is 5.43. The number of imidazole rings is 1. The summed E-state index contributed by atoms with van der Waals surface area (Å²) in [5, 5.41) is 10.7. The lowest BCUT2D eigenvalue weighted by molar-refractivity contribution is 0.420. The fourth-order valence-electron chi connectivity index (χ4n) is 3.00. The Morgan fingerprint density at radius 1 is 1.08 bits per heavy atom. The third kappa shape index (κ3) is 2.96. The van der Waals surface area contributed by atoms with E-state index in [1.807, 2.05) is 25.3 Å². The highest BCUT2D eigenvalue weighted by Crippen LogP contribution is 2.29. The lowest BCUT2D eigenvalue weighted by atomic mass is 10.0. The average Bonchev–Trinajstić information content (AvgIpc) is 3.05. The lowest BCUT2D eigenvalue weighted by Crippen LogP contribution is -2.04. The van der Waals surface area contributed by atoms with Gasteiger partial charge >= 0.3 is 0 Å². The molecule has 4 rings (SSSR count). The molecule has 0 saturated heterocycles. The standard InChI is InChI=1S/C20H18N4O/c1-14-21-8-9-24(14)13-18-11-17(12-22-23-18)15-6-7-19-16(10-15)4-3-5-20(19)25-2/h3-12H,13H2,1-2H3. The molecule has 0 fully saturated rings. The van der Waals surface area contributed by atoms with Gasteiger partial charge in [0.05, 0.1) is 25.5 Å². The quantitative estimate of drug-likeness (QED) is 0.570. The van der Waals surface area contributed by atoms with Gasteiger partial charge in [-0.3, -0.25) is 0 Å². The molecular weight excluding hydrogens is 312 g/mol. The van der Waals surface area contributed by atoms with Crippen LogP contribution < -0.4 is 4.74 Å². The van der Waals surface area contributed by atoms with Crippen molar-refractivity contribution in [3.05, 3.63) is 72.6 Å². The summed E-state index contributed by atoms with van der Waals surface area (Å²) in [6.45, 7) is 2.64. The molecule has 0 amide bonds. The molecule has 0 bridgehead atoms. The summed E-state index contributed by atoms with van der Waals surface area (Å²) in [5.41, 5.74) is 3.07. The van der Waals surface area contributed by atoms with Crippen LogP contribution in [0.4, 0.5) is 0 Å². The Balaban J connectivity index is 1.71. The Morgan fingerprint density at radius 2 is 2.00 bits per heavy atom. The van der Waals surface area contributed by atoms with Gasteiger partial charge in [-0.1, -0.05) is 24.3 Å². The van der Waals surface area contributed by atoms with Crippen molar-refractivity contribution in [3.63, 3.8) is 0 Å². The number of aryl methyl sites for hydroxylation is 1. The maximum Gasteiger partial charge on any atom is 0.126 e. The van der Waals surface area contributed by atoms with Crippen molar-refractivity contribution in [1.82, 2.24) is 19.7 Å². The predicted octanol–water partition coefficient (Wildman–Crippen LogP) is 3.86. The van der Waals surface area contributed by atoms with Crippen LogP contribution in [0.5, 0.6) is 5.75 Å². The van der Waals surface area contributed by atoms with E-state index < -0.39 is 0 Å². The molecule has 0 N–H and O–H groups in total. The molecule has 25 heavy (non-hydrogen) atoms. The van der Waals surface area contributed by atoms with E-state index in [2.05, 4.69) is 50.1 Å². The molecule has 2 aromatic heterocycles. The van der Waals surface area contributed by atoms with Crippen LogP contribution in [0.2, 0.25) is 0 Å². The number of hydrogen-bond donors (Lipinski definition) is 0. The highest BCUT2D eigenvalue weighted by molar-refractivity contribution is 5.91. The van der Waals surface area contributed by atoms with Crippen molar-refractivity contribution < 1.29 is 4.74 Å². The van der Waals surface area contributed by atoms with Crippen molar-refractivity contribution in [1.29, 1.82) is 0 Å². The van der Waals surface area contributed by atoms with Crippen LogP contribution in [0.25, 0.3) is 21.9 Å². The summed E-state index contributed by atoms with van der Waals surface area (Å²) in [7, 11) is 1.69. The number of fused-ring (bicyclic) bond motifs is 1. The zero-order valence-electron chi connectivity index (χ0n) is 14.2. The van der Waals surface area contributed by atoms with Gasteiger partial charge in [-0.2, -0.15) is 10.2 Å². The number of nitrogens with zero attached hydrogens (tertiary/aromatic N) is 4. The molecule has 2 aromatic carbocycles. The van der Waals surface area contributed by atoms with Gasteiger partial charge in [0.2, 0.25) is 0 Å². The summed E-state index contributed by atoms with van der Waals surface area (Å²) in [5.74, 6) is 1.85. The Bertz CT molecular complexity index is 1040. The van der Waals surface area contributed by atoms with Crippen molar-refractivity contribution >= 4 is 10.8 Å². The van der Waals surface area contributed by atoms with Gasteiger partial charge in [-0.05, 0) is 36.1 Å². The monoisotopic (exact) mass is 330 g/mol. The van der Waals surface area contributed by atoms with Crippen molar-refractivity contribution in [3.8, 4) is 16.9 Å². The first-order valence-corrected chi connectivity index (χ1v) is 8.11. The zero-order valence-corrected chi connectivity index (χ0v) is 14.2. The molecule has 0 atom stereocenters. The van der Waals surface area contributed by atoms with Crippen molar-refractivity contribution in [2.75, 3.05) is 7.11 Å². The van der Waals surface area contributed by atoms with Crippen LogP contribution >= 0.6 is 0 Å². The largest absolute Gasteiger partial charge is 0.496 e. The van der Waals surface area contributed by atoms with E-state index >= 15 is 0 Å². The smallest absolute Gasteiger partial charge is 0.126 e. The van der Waals surface area contributed by atoms with E-state index in [1.165, 1.54) is 0 Å². The van der Waals surface area contributed by atoms with E-state index in [9.17, 15) is 0 Å². The van der Waals surface area contributed by atoms with Crippen LogP contribution in [-0.4, -0.2) is 26.9 Å². The third-order valence-electron chi connectivity index (χ3n) is 4.35. The average molecular weight is 330 g/mol. The highest BCUT2D eigenvalue weighted by atomic mass is 16.5. The topological polar surface area (TPSA) is 52.8 Å². The van der Waals surface area contributed by atoms with Gasteiger partial charge in [0.25, 0.3) is 0 Å². The molecule has 5 heteroatoms. The summed E-state index contributed by atoms with van der Waals surface area (Å²) < 4.78 is 7.49. The zero-order chi connectivity index (χ0) is 17.2. The Labute approximate surface area is 145 Å². The lowest BCUT2D eigenvalue weighted by Gasteiger charge is -2.09. The van der Waals surface area contributed by atoms with Crippen LogP contribution in [0.15, 0.2) is 61.1 Å². The summed E-state index contributed by atoms with van der Waals surface area (Å²) >= 11 is 0. The first kappa shape index (κ1) is 15.3. The van der Waals surface area contributed by atoms with Gasteiger partial charge in [0.15, 0.2) is 0 Å². The van der Waals surface area contributed by atoms with Gasteiger partial charge in [-0.15, -0.1) is 0 Å². The molecule has 5 nitrogen and oxygen atoms in total. The normalized spacial score (nSPS) is 11.0. The van der Waals surface area contributed by atoms with E-state index in [0.29, 0.717) is 6.54 Å². The molecule has 0 aliphatic rings. The maximum absolute atomic E-state index is 5.43. The molecular formula is C20H18N4O. The van der Waals surface area contributed by atoms with Crippen LogP contribution in [0, 0.1) is 6.92 Å². The first-order valence-electron chi connectivity index (χ1n) is 8.11.